The van der Waals surface area contributed by atoms with E-state index in [4.69, 9.17) is 5.21 Å². The van der Waals surface area contributed by atoms with Gasteiger partial charge in [0.05, 0.1) is 5.92 Å². The van der Waals surface area contributed by atoms with Crippen LogP contribution in [0.15, 0.2) is 78.9 Å². The van der Waals surface area contributed by atoms with Crippen molar-refractivity contribution in [2.24, 2.45) is 0 Å². The Morgan fingerprint density at radius 2 is 1.46 bits per heavy atom. The van der Waals surface area contributed by atoms with E-state index < -0.39 is 11.8 Å². The van der Waals surface area contributed by atoms with E-state index in [0.29, 0.717) is 0 Å². The summed E-state index contributed by atoms with van der Waals surface area (Å²) in [6, 6.07) is 22.8. The van der Waals surface area contributed by atoms with Crippen molar-refractivity contribution in [2.45, 2.75) is 5.92 Å². The third-order valence-corrected chi connectivity index (χ3v) is 3.88. The van der Waals surface area contributed by atoms with Gasteiger partial charge in [-0.25, -0.2) is 9.87 Å². The maximum absolute atomic E-state index is 13.5. The first-order valence-corrected chi connectivity index (χ1v) is 7.54. The van der Waals surface area contributed by atoms with Gasteiger partial charge in [-0.05, 0) is 34.4 Å². The Balaban J connectivity index is 2.06. The highest BCUT2D eigenvalue weighted by molar-refractivity contribution is 5.86. The molecule has 1 amide bonds. The molecule has 1 atom stereocenters. The van der Waals surface area contributed by atoms with Gasteiger partial charge in [-0.1, -0.05) is 66.7 Å². The highest BCUT2D eigenvalue weighted by Gasteiger charge is 2.22. The summed E-state index contributed by atoms with van der Waals surface area (Å²) >= 11 is 0. The average Bonchev–Trinajstić information content (AvgIpc) is 2.63. The average molecular weight is 321 g/mol. The lowest BCUT2D eigenvalue weighted by atomic mass is 9.89. The minimum absolute atomic E-state index is 0.314. The Morgan fingerprint density at radius 1 is 0.833 bits per heavy atom. The summed E-state index contributed by atoms with van der Waals surface area (Å²) < 4.78 is 13.5. The monoisotopic (exact) mass is 321 g/mol. The van der Waals surface area contributed by atoms with Crippen LogP contribution in [-0.2, 0) is 4.79 Å². The van der Waals surface area contributed by atoms with Crippen molar-refractivity contribution >= 4 is 5.91 Å². The van der Waals surface area contributed by atoms with Gasteiger partial charge < -0.3 is 0 Å². The van der Waals surface area contributed by atoms with Crippen LogP contribution in [-0.4, -0.2) is 11.1 Å². The number of hydrogen-bond acceptors (Lipinski definition) is 2. The molecular weight excluding hydrogens is 305 g/mol. The summed E-state index contributed by atoms with van der Waals surface area (Å²) in [6.45, 7) is 0. The Hall–Kier alpha value is -2.98. The molecular formula is C20H16FNO2. The molecule has 2 N–H and O–H groups in total. The van der Waals surface area contributed by atoms with Gasteiger partial charge in [0.15, 0.2) is 0 Å². The molecule has 3 nitrogen and oxygen atoms in total. The van der Waals surface area contributed by atoms with E-state index in [1.54, 1.807) is 11.5 Å². The lowest BCUT2D eigenvalue weighted by Gasteiger charge is -2.17. The van der Waals surface area contributed by atoms with Crippen LogP contribution in [0.25, 0.3) is 11.1 Å². The van der Waals surface area contributed by atoms with E-state index in [1.807, 2.05) is 60.7 Å². The highest BCUT2D eigenvalue weighted by atomic mass is 19.1. The number of halogens is 1. The first-order chi connectivity index (χ1) is 11.7. The fourth-order valence-electron chi connectivity index (χ4n) is 2.77. The molecule has 120 valence electrons. The van der Waals surface area contributed by atoms with Gasteiger partial charge in [-0.2, -0.15) is 0 Å². The number of carbonyl (C=O) groups excluding carboxylic acids is 1. The maximum Gasteiger partial charge on any atom is 0.255 e. The number of benzene rings is 3. The molecule has 0 heterocycles. The van der Waals surface area contributed by atoms with Crippen molar-refractivity contribution in [1.82, 2.24) is 5.48 Å². The Bertz CT molecular complexity index is 849. The molecule has 3 rings (SSSR count). The number of amides is 1. The summed E-state index contributed by atoms with van der Waals surface area (Å²) in [5.41, 5.74) is 4.75. The molecule has 0 aromatic heterocycles. The minimum Gasteiger partial charge on any atom is -0.289 e. The Labute approximate surface area is 139 Å². The second-order valence-electron chi connectivity index (χ2n) is 5.46. The van der Waals surface area contributed by atoms with Crippen LogP contribution in [0.3, 0.4) is 0 Å². The summed E-state index contributed by atoms with van der Waals surface area (Å²) in [5, 5.41) is 9.10. The van der Waals surface area contributed by atoms with Gasteiger partial charge in [0.2, 0.25) is 0 Å². The van der Waals surface area contributed by atoms with Gasteiger partial charge in [0.1, 0.15) is 5.82 Å². The quantitative estimate of drug-likeness (QED) is 0.561. The summed E-state index contributed by atoms with van der Waals surface area (Å²) in [5.74, 6) is -1.48. The molecule has 0 spiro atoms. The van der Waals surface area contributed by atoms with Crippen molar-refractivity contribution in [2.75, 3.05) is 0 Å². The van der Waals surface area contributed by atoms with Crippen LogP contribution >= 0.6 is 0 Å². The van der Waals surface area contributed by atoms with Crippen molar-refractivity contribution in [3.05, 3.63) is 95.8 Å². The van der Waals surface area contributed by atoms with Crippen molar-refractivity contribution in [1.29, 1.82) is 0 Å². The van der Waals surface area contributed by atoms with Crippen LogP contribution in [0.1, 0.15) is 17.0 Å². The molecule has 0 saturated carbocycles. The van der Waals surface area contributed by atoms with E-state index in [-0.39, 0.29) is 5.82 Å². The zero-order valence-electron chi connectivity index (χ0n) is 12.8. The predicted octanol–water partition coefficient (Wildman–Crippen LogP) is 4.13. The maximum atomic E-state index is 13.5. The van der Waals surface area contributed by atoms with E-state index in [0.717, 1.165) is 22.3 Å². The number of hydroxylamine groups is 1. The van der Waals surface area contributed by atoms with E-state index in [1.165, 1.54) is 12.1 Å². The first-order valence-electron chi connectivity index (χ1n) is 7.54. The Kier molecular flexibility index (Phi) is 4.68. The minimum atomic E-state index is -0.648. The first kappa shape index (κ1) is 15.9. The lowest BCUT2D eigenvalue weighted by Crippen LogP contribution is -2.27. The molecule has 3 aromatic carbocycles. The molecule has 0 aliphatic carbocycles. The van der Waals surface area contributed by atoms with Crippen LogP contribution in [0.4, 0.5) is 4.39 Å². The third-order valence-electron chi connectivity index (χ3n) is 3.88. The highest BCUT2D eigenvalue weighted by Crippen LogP contribution is 2.29. The Morgan fingerprint density at radius 3 is 2.12 bits per heavy atom. The fraction of sp³-hybridized carbons (Fsp3) is 0.0500. The zero-order valence-corrected chi connectivity index (χ0v) is 12.8. The van der Waals surface area contributed by atoms with Crippen molar-refractivity contribution in [3.63, 3.8) is 0 Å². The number of rotatable bonds is 4. The molecule has 0 aliphatic heterocycles. The zero-order chi connectivity index (χ0) is 16.9. The van der Waals surface area contributed by atoms with Gasteiger partial charge in [-0.3, -0.25) is 10.0 Å². The van der Waals surface area contributed by atoms with Crippen molar-refractivity contribution < 1.29 is 14.4 Å². The topological polar surface area (TPSA) is 49.3 Å². The normalized spacial score (nSPS) is 11.8. The van der Waals surface area contributed by atoms with Crippen LogP contribution in [0.5, 0.6) is 0 Å². The standard InChI is InChI=1S/C20H16FNO2/c21-18-11-5-9-16(13-18)15-8-4-10-17(12-15)19(20(23)22-24)14-6-2-1-3-7-14/h1-13,19,24H,(H,22,23). The summed E-state index contributed by atoms with van der Waals surface area (Å²) in [6.07, 6.45) is 0. The van der Waals surface area contributed by atoms with Crippen LogP contribution in [0.2, 0.25) is 0 Å². The van der Waals surface area contributed by atoms with Gasteiger partial charge >= 0.3 is 0 Å². The van der Waals surface area contributed by atoms with E-state index in [9.17, 15) is 9.18 Å². The SMILES string of the molecule is O=C(NO)C(c1ccccc1)c1cccc(-c2cccc(F)c2)c1. The van der Waals surface area contributed by atoms with E-state index in [2.05, 4.69) is 0 Å². The fourth-order valence-corrected chi connectivity index (χ4v) is 2.77. The van der Waals surface area contributed by atoms with Gasteiger partial charge in [0.25, 0.3) is 5.91 Å². The van der Waals surface area contributed by atoms with Crippen molar-refractivity contribution in [3.8, 4) is 11.1 Å². The second kappa shape index (κ2) is 7.06. The molecule has 3 aromatic rings. The molecule has 0 aliphatic rings. The third kappa shape index (κ3) is 3.34. The van der Waals surface area contributed by atoms with E-state index >= 15 is 0 Å². The molecule has 0 fully saturated rings. The van der Waals surface area contributed by atoms with Crippen LogP contribution in [0, 0.1) is 5.82 Å². The predicted molar refractivity (Wildman–Crippen MR) is 90.1 cm³/mol. The largest absolute Gasteiger partial charge is 0.289 e. The summed E-state index contributed by atoms with van der Waals surface area (Å²) in [7, 11) is 0. The lowest BCUT2D eigenvalue weighted by molar-refractivity contribution is -0.129. The molecule has 0 saturated heterocycles. The number of carbonyl (C=O) groups is 1. The molecule has 24 heavy (non-hydrogen) atoms. The number of hydrogen-bond donors (Lipinski definition) is 2. The van der Waals surface area contributed by atoms with Gasteiger partial charge in [0, 0.05) is 0 Å². The smallest absolute Gasteiger partial charge is 0.255 e. The molecule has 0 radical (unpaired) electrons. The summed E-state index contributed by atoms with van der Waals surface area (Å²) in [4.78, 5) is 12.2. The molecule has 1 unspecified atom stereocenters. The second-order valence-corrected chi connectivity index (χ2v) is 5.46. The van der Waals surface area contributed by atoms with Crippen LogP contribution < -0.4 is 5.48 Å². The molecule has 4 heteroatoms. The number of nitrogens with one attached hydrogen (secondary N) is 1. The molecule has 0 bridgehead atoms. The van der Waals surface area contributed by atoms with Gasteiger partial charge in [-0.15, -0.1) is 0 Å².